The predicted molar refractivity (Wildman–Crippen MR) is 108 cm³/mol. The van der Waals surface area contributed by atoms with Gasteiger partial charge in [0.15, 0.2) is 0 Å². The summed E-state index contributed by atoms with van der Waals surface area (Å²) in [5.74, 6) is -1.71. The van der Waals surface area contributed by atoms with E-state index >= 15 is 0 Å². The molecule has 27 heavy (non-hydrogen) atoms. The van der Waals surface area contributed by atoms with Crippen LogP contribution in [-0.4, -0.2) is 17.0 Å². The number of hydrogen-bond acceptors (Lipinski definition) is 3. The molecule has 0 fully saturated rings. The largest absolute Gasteiger partial charge is 0.478 e. The van der Waals surface area contributed by atoms with Gasteiger partial charge in [-0.2, -0.15) is 0 Å². The molecule has 1 aromatic heterocycles. The van der Waals surface area contributed by atoms with Gasteiger partial charge in [-0.05, 0) is 41.8 Å². The number of rotatable bonds is 6. The number of carboxylic acid groups (broad SMARTS) is 1. The van der Waals surface area contributed by atoms with Crippen LogP contribution in [0.2, 0.25) is 0 Å². The van der Waals surface area contributed by atoms with Crippen molar-refractivity contribution in [2.24, 2.45) is 0 Å². The maximum atomic E-state index is 12.9. The molecule has 0 bridgehead atoms. The van der Waals surface area contributed by atoms with E-state index in [0.29, 0.717) is 11.3 Å². The topological polar surface area (TPSA) is 66.4 Å². The second-order valence-corrected chi connectivity index (χ2v) is 7.64. The molecule has 1 amide bonds. The van der Waals surface area contributed by atoms with E-state index in [1.165, 1.54) is 23.5 Å². The zero-order valence-electron chi connectivity index (χ0n) is 14.0. The third-order valence-corrected chi connectivity index (χ3v) is 5.50. The number of aryl methyl sites for hydroxylation is 1. The van der Waals surface area contributed by atoms with Crippen molar-refractivity contribution < 1.29 is 19.1 Å². The number of carbonyl (C=O) groups excluding carboxylic acids is 1. The van der Waals surface area contributed by atoms with Crippen molar-refractivity contribution >= 4 is 44.8 Å². The summed E-state index contributed by atoms with van der Waals surface area (Å²) in [5.41, 5.74) is 1.98. The number of amides is 1. The fourth-order valence-corrected chi connectivity index (χ4v) is 3.86. The van der Waals surface area contributed by atoms with Crippen molar-refractivity contribution in [3.05, 3.63) is 75.3 Å². The molecular formula is C20H15BrFNO3S. The van der Waals surface area contributed by atoms with Gasteiger partial charge in [0, 0.05) is 16.3 Å². The molecule has 2 N–H and O–H groups in total. The van der Waals surface area contributed by atoms with Crippen LogP contribution < -0.4 is 5.32 Å². The molecule has 0 aliphatic heterocycles. The molecule has 0 aliphatic rings. The number of halogens is 2. The molecule has 3 rings (SSSR count). The number of nitrogens with one attached hydrogen (secondary N) is 1. The summed E-state index contributed by atoms with van der Waals surface area (Å²) in [5, 5.41) is 13.9. The Morgan fingerprint density at radius 3 is 2.37 bits per heavy atom. The minimum absolute atomic E-state index is 0.0810. The lowest BCUT2D eigenvalue weighted by atomic mass is 10.1. The van der Waals surface area contributed by atoms with Gasteiger partial charge in [-0.15, -0.1) is 11.3 Å². The van der Waals surface area contributed by atoms with E-state index < -0.39 is 5.97 Å². The molecule has 0 spiro atoms. The fourth-order valence-electron chi connectivity index (χ4n) is 2.60. The van der Waals surface area contributed by atoms with Gasteiger partial charge < -0.3 is 10.4 Å². The number of thiophene rings is 1. The monoisotopic (exact) mass is 447 g/mol. The molecule has 1 heterocycles. The summed E-state index contributed by atoms with van der Waals surface area (Å²) in [6.45, 7) is 0. The Kier molecular flexibility index (Phi) is 6.03. The maximum absolute atomic E-state index is 12.9. The number of anilines is 1. The van der Waals surface area contributed by atoms with Gasteiger partial charge in [-0.25, -0.2) is 9.18 Å². The molecule has 2 aromatic carbocycles. The fraction of sp³-hybridized carbons (Fsp3) is 0.100. The second kappa shape index (κ2) is 8.45. The molecule has 138 valence electrons. The van der Waals surface area contributed by atoms with E-state index in [1.807, 2.05) is 24.3 Å². The van der Waals surface area contributed by atoms with Crippen LogP contribution in [0, 0.1) is 5.82 Å². The first-order chi connectivity index (χ1) is 12.9. The van der Waals surface area contributed by atoms with Crippen LogP contribution >= 0.6 is 27.3 Å². The van der Waals surface area contributed by atoms with E-state index in [4.69, 9.17) is 0 Å². The van der Waals surface area contributed by atoms with Crippen LogP contribution in [0.4, 0.5) is 10.1 Å². The smallest absolute Gasteiger partial charge is 0.339 e. The number of hydrogen-bond donors (Lipinski definition) is 2. The Balaban J connectivity index is 1.74. The van der Waals surface area contributed by atoms with E-state index in [0.717, 1.165) is 15.6 Å². The highest BCUT2D eigenvalue weighted by Gasteiger charge is 2.21. The quantitative estimate of drug-likeness (QED) is 0.517. The Bertz CT molecular complexity index is 968. The second-order valence-electron chi connectivity index (χ2n) is 5.84. The van der Waals surface area contributed by atoms with Gasteiger partial charge >= 0.3 is 5.97 Å². The van der Waals surface area contributed by atoms with Crippen molar-refractivity contribution in [2.45, 2.75) is 12.8 Å². The Labute approximate surface area is 167 Å². The summed E-state index contributed by atoms with van der Waals surface area (Å²) in [4.78, 5) is 24.6. The number of aromatic carboxylic acids is 1. The van der Waals surface area contributed by atoms with Crippen LogP contribution in [0.3, 0.4) is 0 Å². The van der Waals surface area contributed by atoms with Crippen molar-refractivity contribution in [1.29, 1.82) is 0 Å². The Hall–Kier alpha value is -2.51. The number of carbonyl (C=O) groups is 2. The van der Waals surface area contributed by atoms with Gasteiger partial charge in [0.2, 0.25) is 5.91 Å². The first kappa shape index (κ1) is 19.3. The lowest BCUT2D eigenvalue weighted by Gasteiger charge is -2.07. The average Bonchev–Trinajstić information content (AvgIpc) is 3.05. The van der Waals surface area contributed by atoms with Crippen LogP contribution in [0.1, 0.15) is 22.3 Å². The summed E-state index contributed by atoms with van der Waals surface area (Å²) < 4.78 is 13.8. The zero-order valence-corrected chi connectivity index (χ0v) is 16.4. The van der Waals surface area contributed by atoms with Gasteiger partial charge in [-0.3, -0.25) is 4.79 Å². The predicted octanol–water partition coefficient (Wildman–Crippen LogP) is 5.59. The van der Waals surface area contributed by atoms with Gasteiger partial charge in [0.25, 0.3) is 0 Å². The average molecular weight is 448 g/mol. The highest BCUT2D eigenvalue weighted by molar-refractivity contribution is 9.10. The molecule has 0 radical (unpaired) electrons. The normalized spacial score (nSPS) is 10.6. The van der Waals surface area contributed by atoms with E-state index in [2.05, 4.69) is 21.2 Å². The summed E-state index contributed by atoms with van der Waals surface area (Å²) in [6.07, 6.45) is 0.617. The molecule has 4 nitrogen and oxygen atoms in total. The van der Waals surface area contributed by atoms with Crippen molar-refractivity contribution in [3.8, 4) is 10.4 Å². The third-order valence-electron chi connectivity index (χ3n) is 3.94. The first-order valence-electron chi connectivity index (χ1n) is 8.09. The summed E-state index contributed by atoms with van der Waals surface area (Å²) >= 11 is 4.62. The van der Waals surface area contributed by atoms with Crippen LogP contribution in [0.15, 0.2) is 58.4 Å². The summed E-state index contributed by atoms with van der Waals surface area (Å²) in [7, 11) is 0. The van der Waals surface area contributed by atoms with Crippen LogP contribution in [-0.2, 0) is 11.2 Å². The van der Waals surface area contributed by atoms with Crippen molar-refractivity contribution in [3.63, 3.8) is 0 Å². The van der Waals surface area contributed by atoms with Gasteiger partial charge in [0.1, 0.15) is 11.4 Å². The lowest BCUT2D eigenvalue weighted by Crippen LogP contribution is -2.14. The molecule has 0 aliphatic carbocycles. The third kappa shape index (κ3) is 4.81. The Morgan fingerprint density at radius 1 is 1.07 bits per heavy atom. The van der Waals surface area contributed by atoms with E-state index in [-0.39, 0.29) is 29.4 Å². The molecule has 0 saturated carbocycles. The minimum atomic E-state index is -1.09. The molecule has 0 saturated heterocycles. The SMILES string of the molecule is O=C(CCc1ccc(F)cc1)Nc1csc(-c2ccc(Br)cc2)c1C(=O)O. The number of carboxylic acids is 1. The molecule has 0 atom stereocenters. The highest BCUT2D eigenvalue weighted by atomic mass is 79.9. The maximum Gasteiger partial charge on any atom is 0.339 e. The zero-order chi connectivity index (χ0) is 19.4. The Morgan fingerprint density at radius 2 is 1.74 bits per heavy atom. The minimum Gasteiger partial charge on any atom is -0.478 e. The molecular weight excluding hydrogens is 433 g/mol. The lowest BCUT2D eigenvalue weighted by molar-refractivity contribution is -0.116. The molecule has 3 aromatic rings. The van der Waals surface area contributed by atoms with E-state index in [1.54, 1.807) is 17.5 Å². The number of benzene rings is 2. The van der Waals surface area contributed by atoms with Crippen LogP contribution in [0.25, 0.3) is 10.4 Å². The van der Waals surface area contributed by atoms with Crippen molar-refractivity contribution in [2.75, 3.05) is 5.32 Å². The summed E-state index contributed by atoms with van der Waals surface area (Å²) in [6, 6.07) is 13.3. The molecule has 0 unspecified atom stereocenters. The van der Waals surface area contributed by atoms with Crippen molar-refractivity contribution in [1.82, 2.24) is 0 Å². The van der Waals surface area contributed by atoms with Crippen LogP contribution in [0.5, 0.6) is 0 Å². The van der Waals surface area contributed by atoms with Gasteiger partial charge in [-0.1, -0.05) is 40.2 Å². The standard InChI is InChI=1S/C20H15BrFNO3S/c21-14-6-4-13(5-7-14)19-18(20(25)26)16(11-27-19)23-17(24)10-3-12-1-8-15(22)9-2-12/h1-2,4-9,11H,3,10H2,(H,23,24)(H,25,26). The molecule has 7 heteroatoms. The van der Waals surface area contributed by atoms with E-state index in [9.17, 15) is 19.1 Å². The first-order valence-corrected chi connectivity index (χ1v) is 9.76. The highest BCUT2D eigenvalue weighted by Crippen LogP contribution is 2.36. The van der Waals surface area contributed by atoms with Gasteiger partial charge in [0.05, 0.1) is 10.6 Å².